The summed E-state index contributed by atoms with van der Waals surface area (Å²) in [6.45, 7) is 3.20. The van der Waals surface area contributed by atoms with Gasteiger partial charge in [0, 0.05) is 0 Å². The highest BCUT2D eigenvalue weighted by Gasteiger charge is 2.13. The summed E-state index contributed by atoms with van der Waals surface area (Å²) in [6, 6.07) is 23.5. The van der Waals surface area contributed by atoms with E-state index in [2.05, 4.69) is 12.1 Å². The lowest BCUT2D eigenvalue weighted by Gasteiger charge is -2.11. The average Bonchev–Trinajstić information content (AvgIpc) is 2.66. The van der Waals surface area contributed by atoms with E-state index in [-0.39, 0.29) is 0 Å². The van der Waals surface area contributed by atoms with Gasteiger partial charge in [0.05, 0.1) is 18.8 Å². The maximum atomic E-state index is 11.5. The second-order valence-corrected chi connectivity index (χ2v) is 6.29. The van der Waals surface area contributed by atoms with Crippen molar-refractivity contribution in [1.29, 1.82) is 0 Å². The molecule has 0 aliphatic carbocycles. The minimum absolute atomic E-state index is 0.337. The van der Waals surface area contributed by atoms with Crippen LogP contribution in [0.4, 0.5) is 0 Å². The Morgan fingerprint density at radius 3 is 2.31 bits per heavy atom. The quantitative estimate of drug-likeness (QED) is 0.604. The number of hydrogen-bond donors (Lipinski definition) is 1. The van der Waals surface area contributed by atoms with Crippen molar-refractivity contribution >= 4 is 5.97 Å². The zero-order chi connectivity index (χ0) is 18.4. The Morgan fingerprint density at radius 2 is 1.62 bits per heavy atom. The number of rotatable bonds is 7. The molecule has 1 N–H and O–H groups in total. The van der Waals surface area contributed by atoms with Crippen molar-refractivity contribution in [2.75, 3.05) is 6.61 Å². The molecule has 132 valence electrons. The molecule has 0 saturated heterocycles. The lowest BCUT2D eigenvalue weighted by molar-refractivity contribution is 0.0697. The number of aromatic carboxylic acids is 1. The highest BCUT2D eigenvalue weighted by atomic mass is 16.5. The number of carboxylic acid groups (broad SMARTS) is 1. The van der Waals surface area contributed by atoms with E-state index in [1.807, 2.05) is 55.5 Å². The van der Waals surface area contributed by atoms with Gasteiger partial charge < -0.3 is 9.84 Å². The van der Waals surface area contributed by atoms with Crippen LogP contribution in [0, 0.1) is 6.92 Å². The SMILES string of the molecule is Cc1cccc(C(=O)O)c1-c1ccc(CCOCc2ccccc2)cc1. The van der Waals surface area contributed by atoms with Gasteiger partial charge in [-0.1, -0.05) is 66.7 Å². The summed E-state index contributed by atoms with van der Waals surface area (Å²) in [5.41, 5.74) is 5.35. The van der Waals surface area contributed by atoms with E-state index in [9.17, 15) is 9.90 Å². The summed E-state index contributed by atoms with van der Waals surface area (Å²) in [6.07, 6.45) is 0.826. The van der Waals surface area contributed by atoms with Crippen LogP contribution in [0.5, 0.6) is 0 Å². The number of carboxylic acids is 1. The van der Waals surface area contributed by atoms with E-state index in [4.69, 9.17) is 4.74 Å². The molecule has 26 heavy (non-hydrogen) atoms. The molecule has 0 spiro atoms. The van der Waals surface area contributed by atoms with Crippen molar-refractivity contribution in [3.8, 4) is 11.1 Å². The number of benzene rings is 3. The van der Waals surface area contributed by atoms with Crippen molar-refractivity contribution < 1.29 is 14.6 Å². The third kappa shape index (κ3) is 4.38. The van der Waals surface area contributed by atoms with E-state index in [0.717, 1.165) is 23.1 Å². The summed E-state index contributed by atoms with van der Waals surface area (Å²) in [7, 11) is 0. The van der Waals surface area contributed by atoms with Crippen LogP contribution in [0.1, 0.15) is 27.0 Å². The zero-order valence-corrected chi connectivity index (χ0v) is 14.8. The molecular weight excluding hydrogens is 324 g/mol. The van der Waals surface area contributed by atoms with E-state index in [1.165, 1.54) is 11.1 Å². The maximum Gasteiger partial charge on any atom is 0.336 e. The lowest BCUT2D eigenvalue weighted by atomic mass is 9.94. The van der Waals surface area contributed by atoms with E-state index < -0.39 is 5.97 Å². The molecule has 0 fully saturated rings. The molecule has 3 aromatic rings. The van der Waals surface area contributed by atoms with Crippen molar-refractivity contribution in [2.24, 2.45) is 0 Å². The average molecular weight is 346 g/mol. The Balaban J connectivity index is 1.63. The largest absolute Gasteiger partial charge is 0.478 e. The zero-order valence-electron chi connectivity index (χ0n) is 14.8. The molecule has 0 unspecified atom stereocenters. The summed E-state index contributed by atoms with van der Waals surface area (Å²) >= 11 is 0. The lowest BCUT2D eigenvalue weighted by Crippen LogP contribution is -2.02. The summed E-state index contributed by atoms with van der Waals surface area (Å²) in [4.78, 5) is 11.5. The van der Waals surface area contributed by atoms with E-state index >= 15 is 0 Å². The smallest absolute Gasteiger partial charge is 0.336 e. The Morgan fingerprint density at radius 1 is 0.885 bits per heavy atom. The molecule has 0 aliphatic heterocycles. The van der Waals surface area contributed by atoms with Crippen LogP contribution in [0.15, 0.2) is 72.8 Å². The van der Waals surface area contributed by atoms with Gasteiger partial charge in [0.15, 0.2) is 0 Å². The molecule has 0 radical (unpaired) electrons. The highest BCUT2D eigenvalue weighted by molar-refractivity contribution is 5.97. The van der Waals surface area contributed by atoms with Gasteiger partial charge in [-0.3, -0.25) is 0 Å². The number of aryl methyl sites for hydroxylation is 1. The molecule has 0 bridgehead atoms. The van der Waals surface area contributed by atoms with Crippen LogP contribution in [-0.2, 0) is 17.8 Å². The molecule has 3 heteroatoms. The fraction of sp³-hybridized carbons (Fsp3) is 0.174. The van der Waals surface area contributed by atoms with Gasteiger partial charge in [-0.2, -0.15) is 0 Å². The van der Waals surface area contributed by atoms with Crippen molar-refractivity contribution in [2.45, 2.75) is 20.0 Å². The summed E-state index contributed by atoms with van der Waals surface area (Å²) < 4.78 is 5.73. The Hall–Kier alpha value is -2.91. The monoisotopic (exact) mass is 346 g/mol. The van der Waals surface area contributed by atoms with E-state index in [1.54, 1.807) is 12.1 Å². The van der Waals surface area contributed by atoms with Gasteiger partial charge in [-0.25, -0.2) is 4.79 Å². The molecule has 0 aliphatic rings. The summed E-state index contributed by atoms with van der Waals surface area (Å²) in [5, 5.41) is 9.43. The molecule has 3 nitrogen and oxygen atoms in total. The van der Waals surface area contributed by atoms with E-state index in [0.29, 0.717) is 18.8 Å². The molecule has 3 rings (SSSR count). The van der Waals surface area contributed by atoms with Gasteiger partial charge in [0.1, 0.15) is 0 Å². The van der Waals surface area contributed by atoms with Crippen LogP contribution in [-0.4, -0.2) is 17.7 Å². The fourth-order valence-corrected chi connectivity index (χ4v) is 3.02. The first kappa shape index (κ1) is 17.9. The predicted octanol–water partition coefficient (Wildman–Crippen LogP) is 5.12. The minimum atomic E-state index is -0.901. The van der Waals surface area contributed by atoms with Crippen LogP contribution in [0.2, 0.25) is 0 Å². The molecule has 3 aromatic carbocycles. The molecule has 0 atom stereocenters. The maximum absolute atomic E-state index is 11.5. The fourth-order valence-electron chi connectivity index (χ4n) is 3.02. The van der Waals surface area contributed by atoms with Crippen LogP contribution in [0.3, 0.4) is 0 Å². The third-order valence-corrected chi connectivity index (χ3v) is 4.39. The second kappa shape index (κ2) is 8.45. The molecule has 0 aromatic heterocycles. The van der Waals surface area contributed by atoms with Gasteiger partial charge in [-0.15, -0.1) is 0 Å². The highest BCUT2D eigenvalue weighted by Crippen LogP contribution is 2.28. The predicted molar refractivity (Wildman–Crippen MR) is 103 cm³/mol. The first-order valence-electron chi connectivity index (χ1n) is 8.69. The second-order valence-electron chi connectivity index (χ2n) is 6.29. The Bertz CT molecular complexity index is 868. The molecule has 0 heterocycles. The Labute approximate surface area is 153 Å². The van der Waals surface area contributed by atoms with Crippen LogP contribution < -0.4 is 0 Å². The summed E-state index contributed by atoms with van der Waals surface area (Å²) in [5.74, 6) is -0.901. The minimum Gasteiger partial charge on any atom is -0.478 e. The van der Waals surface area contributed by atoms with Gasteiger partial charge in [0.25, 0.3) is 0 Å². The number of hydrogen-bond acceptors (Lipinski definition) is 2. The van der Waals surface area contributed by atoms with Gasteiger partial charge in [0.2, 0.25) is 0 Å². The molecule has 0 amide bonds. The number of carbonyl (C=O) groups is 1. The first-order valence-corrected chi connectivity index (χ1v) is 8.69. The van der Waals surface area contributed by atoms with Crippen LogP contribution >= 0.6 is 0 Å². The van der Waals surface area contributed by atoms with Crippen molar-refractivity contribution in [3.63, 3.8) is 0 Å². The molecular formula is C23H22O3. The van der Waals surface area contributed by atoms with Crippen molar-refractivity contribution in [1.82, 2.24) is 0 Å². The van der Waals surface area contributed by atoms with Gasteiger partial charge in [-0.05, 0) is 47.2 Å². The third-order valence-electron chi connectivity index (χ3n) is 4.39. The first-order chi connectivity index (χ1) is 12.6. The number of ether oxygens (including phenoxy) is 1. The standard InChI is InChI=1S/C23H22O3/c1-17-6-5-9-21(23(24)25)22(17)20-12-10-18(11-13-20)14-15-26-16-19-7-3-2-4-8-19/h2-13H,14-16H2,1H3,(H,24,25). The topological polar surface area (TPSA) is 46.5 Å². The van der Waals surface area contributed by atoms with Crippen LogP contribution in [0.25, 0.3) is 11.1 Å². The van der Waals surface area contributed by atoms with Gasteiger partial charge >= 0.3 is 5.97 Å². The Kier molecular flexibility index (Phi) is 5.82. The van der Waals surface area contributed by atoms with Crippen molar-refractivity contribution in [3.05, 3.63) is 95.1 Å². The normalized spacial score (nSPS) is 10.7. The molecule has 0 saturated carbocycles.